The van der Waals surface area contributed by atoms with Crippen LogP contribution in [-0.4, -0.2) is 39.5 Å². The lowest BCUT2D eigenvalue weighted by Gasteiger charge is -2.22. The predicted octanol–water partition coefficient (Wildman–Crippen LogP) is 2.70. The van der Waals surface area contributed by atoms with Crippen molar-refractivity contribution in [3.05, 3.63) is 17.1 Å². The third-order valence-electron chi connectivity index (χ3n) is 5.27. The van der Waals surface area contributed by atoms with E-state index in [0.717, 1.165) is 30.5 Å². The lowest BCUT2D eigenvalue weighted by molar-refractivity contribution is 0.257. The van der Waals surface area contributed by atoms with Crippen LogP contribution < -0.4 is 5.32 Å². The van der Waals surface area contributed by atoms with Gasteiger partial charge in [-0.25, -0.2) is 9.97 Å². The van der Waals surface area contributed by atoms with E-state index in [-0.39, 0.29) is 0 Å². The topological polar surface area (TPSA) is 41.1 Å². The molecule has 4 nitrogen and oxygen atoms in total. The molecule has 1 saturated heterocycles. The summed E-state index contributed by atoms with van der Waals surface area (Å²) in [7, 11) is 0. The number of fused-ring (bicyclic) bond motifs is 1. The largest absolute Gasteiger partial charge is 0.366 e. The summed E-state index contributed by atoms with van der Waals surface area (Å²) in [6, 6.07) is 2.14. The Kier molecular flexibility index (Phi) is 3.37. The zero-order valence-electron chi connectivity index (χ0n) is 13.2. The molecule has 4 rings (SSSR count). The van der Waals surface area contributed by atoms with Gasteiger partial charge in [-0.3, -0.25) is 4.90 Å². The van der Waals surface area contributed by atoms with Gasteiger partial charge >= 0.3 is 0 Å². The standard InChI is InChI=1S/C17H26N4/c1-11-9-13(10-21(11)14-7-8-14)20-17-15-5-3-4-6-16(15)18-12(2)19-17/h11,13-14H,3-10H2,1-2H3,(H,18,19,20). The molecular formula is C17H26N4. The molecule has 0 amide bonds. The highest BCUT2D eigenvalue weighted by molar-refractivity contribution is 5.48. The average molecular weight is 286 g/mol. The quantitative estimate of drug-likeness (QED) is 0.927. The number of rotatable bonds is 3. The summed E-state index contributed by atoms with van der Waals surface area (Å²) in [5.41, 5.74) is 2.69. The maximum atomic E-state index is 4.72. The Hall–Kier alpha value is -1.16. The van der Waals surface area contributed by atoms with E-state index in [1.54, 1.807) is 0 Å². The van der Waals surface area contributed by atoms with E-state index < -0.39 is 0 Å². The van der Waals surface area contributed by atoms with Crippen LogP contribution in [0.3, 0.4) is 0 Å². The maximum Gasteiger partial charge on any atom is 0.133 e. The summed E-state index contributed by atoms with van der Waals surface area (Å²) in [5.74, 6) is 2.05. The van der Waals surface area contributed by atoms with E-state index in [2.05, 4.69) is 22.1 Å². The van der Waals surface area contributed by atoms with E-state index in [9.17, 15) is 0 Å². The Morgan fingerprint density at radius 1 is 1.14 bits per heavy atom. The van der Waals surface area contributed by atoms with Gasteiger partial charge in [0, 0.05) is 35.9 Å². The number of nitrogens with one attached hydrogen (secondary N) is 1. The highest BCUT2D eigenvalue weighted by atomic mass is 15.3. The smallest absolute Gasteiger partial charge is 0.133 e. The van der Waals surface area contributed by atoms with Gasteiger partial charge in [-0.05, 0) is 58.8 Å². The molecule has 0 spiro atoms. The predicted molar refractivity (Wildman–Crippen MR) is 84.6 cm³/mol. The van der Waals surface area contributed by atoms with Crippen LogP contribution in [-0.2, 0) is 12.8 Å². The van der Waals surface area contributed by atoms with Crippen LogP contribution in [0, 0.1) is 6.92 Å². The Morgan fingerprint density at radius 3 is 2.76 bits per heavy atom. The Bertz CT molecular complexity index is 538. The molecule has 3 aliphatic rings. The van der Waals surface area contributed by atoms with E-state index in [1.165, 1.54) is 49.9 Å². The second-order valence-corrected chi connectivity index (χ2v) is 7.11. The highest BCUT2D eigenvalue weighted by Gasteiger charge is 2.39. The van der Waals surface area contributed by atoms with Gasteiger partial charge < -0.3 is 5.32 Å². The van der Waals surface area contributed by atoms with E-state index in [1.807, 2.05) is 6.92 Å². The molecule has 2 unspecified atom stereocenters. The monoisotopic (exact) mass is 286 g/mol. The molecule has 0 aromatic carbocycles. The van der Waals surface area contributed by atoms with Gasteiger partial charge in [0.2, 0.25) is 0 Å². The first-order valence-corrected chi connectivity index (χ1v) is 8.59. The molecule has 1 saturated carbocycles. The molecule has 1 aromatic rings. The lowest BCUT2D eigenvalue weighted by Crippen LogP contribution is -2.31. The summed E-state index contributed by atoms with van der Waals surface area (Å²) in [6.45, 7) is 5.58. The molecule has 4 heteroatoms. The lowest BCUT2D eigenvalue weighted by atomic mass is 9.96. The van der Waals surface area contributed by atoms with E-state index in [4.69, 9.17) is 4.98 Å². The van der Waals surface area contributed by atoms with Crippen molar-refractivity contribution in [2.45, 2.75) is 76.9 Å². The number of hydrogen-bond acceptors (Lipinski definition) is 4. The van der Waals surface area contributed by atoms with Gasteiger partial charge in [0.1, 0.15) is 11.6 Å². The van der Waals surface area contributed by atoms with E-state index in [0.29, 0.717) is 12.1 Å². The molecule has 0 radical (unpaired) electrons. The molecule has 2 aliphatic carbocycles. The summed E-state index contributed by atoms with van der Waals surface area (Å²) in [4.78, 5) is 12.1. The molecule has 0 bridgehead atoms. The van der Waals surface area contributed by atoms with Crippen LogP contribution in [0.2, 0.25) is 0 Å². The fourth-order valence-electron chi connectivity index (χ4n) is 4.11. The Balaban J connectivity index is 1.53. The van der Waals surface area contributed by atoms with Crippen molar-refractivity contribution < 1.29 is 0 Å². The highest BCUT2D eigenvalue weighted by Crippen LogP contribution is 2.34. The first kappa shape index (κ1) is 13.5. The SMILES string of the molecule is Cc1nc2c(c(NC3CC(C)N(C4CC4)C3)n1)CCCC2. The maximum absolute atomic E-state index is 4.72. The summed E-state index contributed by atoms with van der Waals surface area (Å²) in [5, 5.41) is 3.76. The number of aromatic nitrogens is 2. The van der Waals surface area contributed by atoms with Crippen molar-refractivity contribution >= 4 is 5.82 Å². The number of nitrogens with zero attached hydrogens (tertiary/aromatic N) is 3. The second-order valence-electron chi connectivity index (χ2n) is 7.11. The summed E-state index contributed by atoms with van der Waals surface area (Å²) < 4.78 is 0. The van der Waals surface area contributed by atoms with Crippen LogP contribution in [0.4, 0.5) is 5.82 Å². The average Bonchev–Trinajstić information content (AvgIpc) is 3.23. The summed E-state index contributed by atoms with van der Waals surface area (Å²) >= 11 is 0. The van der Waals surface area contributed by atoms with Crippen LogP contribution in [0.15, 0.2) is 0 Å². The number of anilines is 1. The van der Waals surface area contributed by atoms with Crippen molar-refractivity contribution in [3.63, 3.8) is 0 Å². The molecule has 2 atom stereocenters. The fraction of sp³-hybridized carbons (Fsp3) is 0.765. The minimum atomic E-state index is 0.556. The molecular weight excluding hydrogens is 260 g/mol. The first-order valence-electron chi connectivity index (χ1n) is 8.59. The Labute approximate surface area is 127 Å². The molecule has 1 aliphatic heterocycles. The van der Waals surface area contributed by atoms with Crippen molar-refractivity contribution in [2.24, 2.45) is 0 Å². The minimum absolute atomic E-state index is 0.556. The molecule has 21 heavy (non-hydrogen) atoms. The van der Waals surface area contributed by atoms with Gasteiger partial charge in [0.15, 0.2) is 0 Å². The molecule has 114 valence electrons. The van der Waals surface area contributed by atoms with Gasteiger partial charge in [0.05, 0.1) is 0 Å². The third-order valence-corrected chi connectivity index (χ3v) is 5.27. The molecule has 2 heterocycles. The Morgan fingerprint density at radius 2 is 1.95 bits per heavy atom. The van der Waals surface area contributed by atoms with Crippen LogP contribution in [0.1, 0.15) is 56.1 Å². The van der Waals surface area contributed by atoms with Crippen molar-refractivity contribution in [1.82, 2.24) is 14.9 Å². The van der Waals surface area contributed by atoms with Crippen molar-refractivity contribution in [3.8, 4) is 0 Å². The number of likely N-dealkylation sites (tertiary alicyclic amines) is 1. The molecule has 1 N–H and O–H groups in total. The first-order chi connectivity index (χ1) is 10.2. The van der Waals surface area contributed by atoms with Gasteiger partial charge in [0.25, 0.3) is 0 Å². The van der Waals surface area contributed by atoms with Crippen LogP contribution in [0.25, 0.3) is 0 Å². The van der Waals surface area contributed by atoms with Gasteiger partial charge in [-0.2, -0.15) is 0 Å². The van der Waals surface area contributed by atoms with Crippen molar-refractivity contribution in [1.29, 1.82) is 0 Å². The van der Waals surface area contributed by atoms with Gasteiger partial charge in [-0.1, -0.05) is 0 Å². The number of aryl methyl sites for hydroxylation is 2. The summed E-state index contributed by atoms with van der Waals surface area (Å²) in [6.07, 6.45) is 8.88. The minimum Gasteiger partial charge on any atom is -0.366 e. The van der Waals surface area contributed by atoms with Crippen LogP contribution in [0.5, 0.6) is 0 Å². The third kappa shape index (κ3) is 2.66. The van der Waals surface area contributed by atoms with Gasteiger partial charge in [-0.15, -0.1) is 0 Å². The normalized spacial score (nSPS) is 29.4. The molecule has 2 fully saturated rings. The molecule has 1 aromatic heterocycles. The zero-order valence-corrected chi connectivity index (χ0v) is 13.2. The van der Waals surface area contributed by atoms with E-state index >= 15 is 0 Å². The zero-order chi connectivity index (χ0) is 14.4. The van der Waals surface area contributed by atoms with Crippen molar-refractivity contribution in [2.75, 3.05) is 11.9 Å². The number of hydrogen-bond donors (Lipinski definition) is 1. The fourth-order valence-corrected chi connectivity index (χ4v) is 4.11. The second kappa shape index (κ2) is 5.24. The van der Waals surface area contributed by atoms with Crippen LogP contribution >= 0.6 is 0 Å².